The quantitative estimate of drug-likeness (QED) is 0.863. The largest absolute Gasteiger partial charge is 0.344 e. The Kier molecular flexibility index (Phi) is 4.53. The van der Waals surface area contributed by atoms with Crippen LogP contribution in [0.4, 0.5) is 0 Å². The number of carbonyl (C=O) groups excluding carboxylic acids is 1. The van der Waals surface area contributed by atoms with Crippen molar-refractivity contribution in [2.24, 2.45) is 0 Å². The van der Waals surface area contributed by atoms with Crippen molar-refractivity contribution in [3.63, 3.8) is 0 Å². The van der Waals surface area contributed by atoms with Gasteiger partial charge < -0.3 is 5.32 Å². The Hall–Kier alpha value is -1.61. The van der Waals surface area contributed by atoms with Crippen LogP contribution in [0.5, 0.6) is 0 Å². The monoisotopic (exact) mass is 259 g/mol. The molecule has 0 fully saturated rings. The fraction of sp³-hybridized carbons (Fsp3) is 0.267. The van der Waals surface area contributed by atoms with Crippen LogP contribution in [0, 0.1) is 0 Å². The lowest BCUT2D eigenvalue weighted by Gasteiger charge is -2.16. The number of thiophene rings is 1. The fourth-order valence-electron chi connectivity index (χ4n) is 1.89. The Morgan fingerprint density at radius 2 is 2.00 bits per heavy atom. The van der Waals surface area contributed by atoms with Gasteiger partial charge in [0.1, 0.15) is 0 Å². The third-order valence-electron chi connectivity index (χ3n) is 2.81. The van der Waals surface area contributed by atoms with E-state index in [0.717, 1.165) is 18.4 Å². The van der Waals surface area contributed by atoms with Crippen LogP contribution < -0.4 is 5.32 Å². The van der Waals surface area contributed by atoms with Gasteiger partial charge in [-0.25, -0.2) is 0 Å². The first-order valence-corrected chi connectivity index (χ1v) is 7.08. The van der Waals surface area contributed by atoms with Gasteiger partial charge in [0.2, 0.25) is 0 Å². The van der Waals surface area contributed by atoms with Crippen LogP contribution in [0.1, 0.15) is 41.0 Å². The standard InChI is InChI=1S/C15H17NOS/c1-2-7-13(14-10-6-11-18-14)16-15(17)12-8-4-3-5-9-12/h3-6,8-11,13H,2,7H2,1H3,(H,16,17). The second-order valence-electron chi connectivity index (χ2n) is 4.20. The van der Waals surface area contributed by atoms with Gasteiger partial charge in [-0.15, -0.1) is 11.3 Å². The summed E-state index contributed by atoms with van der Waals surface area (Å²) in [5.41, 5.74) is 0.718. The highest BCUT2D eigenvalue weighted by Gasteiger charge is 2.15. The summed E-state index contributed by atoms with van der Waals surface area (Å²) in [6.45, 7) is 2.13. The van der Waals surface area contributed by atoms with Crippen LogP contribution >= 0.6 is 11.3 Å². The van der Waals surface area contributed by atoms with Crippen molar-refractivity contribution in [1.29, 1.82) is 0 Å². The Morgan fingerprint density at radius 1 is 1.22 bits per heavy atom. The van der Waals surface area contributed by atoms with Crippen molar-refractivity contribution >= 4 is 17.2 Å². The fourth-order valence-corrected chi connectivity index (χ4v) is 2.71. The van der Waals surface area contributed by atoms with E-state index in [1.165, 1.54) is 4.88 Å². The zero-order valence-electron chi connectivity index (χ0n) is 10.4. The molecule has 1 heterocycles. The Morgan fingerprint density at radius 3 is 2.61 bits per heavy atom. The number of carbonyl (C=O) groups is 1. The molecule has 2 nitrogen and oxygen atoms in total. The van der Waals surface area contributed by atoms with E-state index in [2.05, 4.69) is 18.3 Å². The average Bonchev–Trinajstić information content (AvgIpc) is 2.93. The van der Waals surface area contributed by atoms with Crippen LogP contribution in [-0.4, -0.2) is 5.91 Å². The minimum atomic E-state index is 0.00227. The van der Waals surface area contributed by atoms with Gasteiger partial charge in [0.05, 0.1) is 6.04 Å². The Balaban J connectivity index is 2.08. The van der Waals surface area contributed by atoms with Gasteiger partial charge in [0.15, 0.2) is 0 Å². The summed E-state index contributed by atoms with van der Waals surface area (Å²) in [7, 11) is 0. The zero-order chi connectivity index (χ0) is 12.8. The number of benzene rings is 1. The first kappa shape index (κ1) is 12.8. The van der Waals surface area contributed by atoms with E-state index in [1.54, 1.807) is 11.3 Å². The molecule has 0 aliphatic heterocycles. The smallest absolute Gasteiger partial charge is 0.251 e. The molecule has 1 aromatic carbocycles. The van der Waals surface area contributed by atoms with Gasteiger partial charge in [-0.2, -0.15) is 0 Å². The van der Waals surface area contributed by atoms with Crippen molar-refractivity contribution < 1.29 is 4.79 Å². The predicted molar refractivity (Wildman–Crippen MR) is 75.9 cm³/mol. The van der Waals surface area contributed by atoms with E-state index >= 15 is 0 Å². The maximum atomic E-state index is 12.1. The summed E-state index contributed by atoms with van der Waals surface area (Å²) in [5.74, 6) is 0.00227. The maximum absolute atomic E-state index is 12.1. The molecule has 1 unspecified atom stereocenters. The molecule has 0 saturated heterocycles. The predicted octanol–water partition coefficient (Wildman–Crippen LogP) is 4.02. The lowest BCUT2D eigenvalue weighted by molar-refractivity contribution is 0.0935. The lowest BCUT2D eigenvalue weighted by atomic mass is 10.1. The highest BCUT2D eigenvalue weighted by molar-refractivity contribution is 7.10. The summed E-state index contributed by atoms with van der Waals surface area (Å²) >= 11 is 1.69. The maximum Gasteiger partial charge on any atom is 0.251 e. The molecule has 1 amide bonds. The van der Waals surface area contributed by atoms with Crippen molar-refractivity contribution in [3.05, 3.63) is 58.3 Å². The molecule has 1 aromatic heterocycles. The molecule has 0 aliphatic carbocycles. The molecule has 1 atom stereocenters. The van der Waals surface area contributed by atoms with Crippen LogP contribution in [0.15, 0.2) is 47.8 Å². The summed E-state index contributed by atoms with van der Waals surface area (Å²) in [6.07, 6.45) is 2.02. The number of hydrogen-bond acceptors (Lipinski definition) is 2. The van der Waals surface area contributed by atoms with Crippen LogP contribution in [0.2, 0.25) is 0 Å². The minimum absolute atomic E-state index is 0.00227. The van der Waals surface area contributed by atoms with Crippen molar-refractivity contribution in [2.75, 3.05) is 0 Å². The van der Waals surface area contributed by atoms with Crippen molar-refractivity contribution in [1.82, 2.24) is 5.32 Å². The molecule has 0 saturated carbocycles. The molecule has 0 radical (unpaired) electrons. The first-order chi connectivity index (χ1) is 8.81. The second-order valence-corrected chi connectivity index (χ2v) is 5.18. The molecule has 0 bridgehead atoms. The Labute approximate surface area is 112 Å². The molecule has 0 aliphatic rings. The van der Waals surface area contributed by atoms with Crippen molar-refractivity contribution in [3.8, 4) is 0 Å². The highest BCUT2D eigenvalue weighted by atomic mass is 32.1. The molecule has 18 heavy (non-hydrogen) atoms. The van der Waals surface area contributed by atoms with Gasteiger partial charge in [0, 0.05) is 10.4 Å². The van der Waals surface area contributed by atoms with Crippen LogP contribution in [-0.2, 0) is 0 Å². The SMILES string of the molecule is CCCC(NC(=O)c1ccccc1)c1cccs1. The highest BCUT2D eigenvalue weighted by Crippen LogP contribution is 2.23. The van der Waals surface area contributed by atoms with E-state index in [9.17, 15) is 4.79 Å². The third kappa shape index (κ3) is 3.20. The molecule has 2 aromatic rings. The second kappa shape index (κ2) is 6.36. The number of rotatable bonds is 5. The van der Waals surface area contributed by atoms with Gasteiger partial charge in [-0.1, -0.05) is 37.6 Å². The summed E-state index contributed by atoms with van der Waals surface area (Å²) in [4.78, 5) is 13.3. The lowest BCUT2D eigenvalue weighted by Crippen LogP contribution is -2.27. The third-order valence-corrected chi connectivity index (χ3v) is 3.79. The molecule has 2 rings (SSSR count). The summed E-state index contributed by atoms with van der Waals surface area (Å²) < 4.78 is 0. The van der Waals surface area contributed by atoms with Gasteiger partial charge in [0.25, 0.3) is 5.91 Å². The topological polar surface area (TPSA) is 29.1 Å². The van der Waals surface area contributed by atoms with Gasteiger partial charge in [-0.05, 0) is 30.0 Å². The van der Waals surface area contributed by atoms with E-state index < -0.39 is 0 Å². The average molecular weight is 259 g/mol. The zero-order valence-corrected chi connectivity index (χ0v) is 11.2. The molecular formula is C15H17NOS. The number of nitrogens with one attached hydrogen (secondary N) is 1. The van der Waals surface area contributed by atoms with Crippen LogP contribution in [0.3, 0.4) is 0 Å². The molecular weight excluding hydrogens is 242 g/mol. The first-order valence-electron chi connectivity index (χ1n) is 6.20. The Bertz CT molecular complexity index is 478. The molecule has 3 heteroatoms. The van der Waals surface area contributed by atoms with Crippen molar-refractivity contribution in [2.45, 2.75) is 25.8 Å². The number of hydrogen-bond donors (Lipinski definition) is 1. The minimum Gasteiger partial charge on any atom is -0.344 e. The number of amides is 1. The van der Waals surface area contributed by atoms with Gasteiger partial charge in [-0.3, -0.25) is 4.79 Å². The molecule has 0 spiro atoms. The van der Waals surface area contributed by atoms with E-state index in [4.69, 9.17) is 0 Å². The van der Waals surface area contributed by atoms with Crippen LogP contribution in [0.25, 0.3) is 0 Å². The molecule has 94 valence electrons. The van der Waals surface area contributed by atoms with E-state index in [-0.39, 0.29) is 11.9 Å². The van der Waals surface area contributed by atoms with Gasteiger partial charge >= 0.3 is 0 Å². The van der Waals surface area contributed by atoms with E-state index in [1.807, 2.05) is 41.8 Å². The summed E-state index contributed by atoms with van der Waals surface area (Å²) in [6, 6.07) is 13.6. The summed E-state index contributed by atoms with van der Waals surface area (Å²) in [5, 5.41) is 5.16. The normalized spacial score (nSPS) is 12.1. The van der Waals surface area contributed by atoms with E-state index in [0.29, 0.717) is 0 Å². The molecule has 1 N–H and O–H groups in total.